The third-order valence-corrected chi connectivity index (χ3v) is 12.1. The summed E-state index contributed by atoms with van der Waals surface area (Å²) < 4.78 is 18.6. The summed E-state index contributed by atoms with van der Waals surface area (Å²) in [4.78, 5) is 71.4. The second kappa shape index (κ2) is 16.1. The summed E-state index contributed by atoms with van der Waals surface area (Å²) in [6.45, 7) is 2.93. The number of hydrogen-bond donors (Lipinski definition) is 6. The lowest BCUT2D eigenvalue weighted by molar-refractivity contribution is -0.163. The molecule has 1 spiro atoms. The van der Waals surface area contributed by atoms with Crippen LogP contribution in [-0.4, -0.2) is 126 Å². The van der Waals surface area contributed by atoms with Gasteiger partial charge in [-0.15, -0.1) is 0 Å². The standard InChI is InChI=1S/C38H53N7O10/c1-21(43-29(47)19-30(48)49)25(46)17-23(7-6-14-41-35(39)40)34(50)42-20-24-8-4-5-15-45(24)36(51)54-27-11-12-38(52)28-18-22-9-10-26(53-3)32-31(22)37(38,33(27)55-32)13-16-44(28)2/h9-11,21,23-24,28,33,52H,4-8,12-20H2,1-3H3,(H,42,50)(H,43,47)(H,48,49)(H4,39,40,41)/t21-,23+,24?,28+,33-,37-,38+/m0/s1. The van der Waals surface area contributed by atoms with Crippen LogP contribution in [0, 0.1) is 5.92 Å². The number of aliphatic imine (C=N–C) groups is 1. The van der Waals surface area contributed by atoms with E-state index in [0.717, 1.165) is 30.5 Å². The van der Waals surface area contributed by atoms with Crippen LogP contribution in [0.3, 0.4) is 0 Å². The molecule has 0 aromatic heterocycles. The first-order valence-electron chi connectivity index (χ1n) is 19.0. The zero-order chi connectivity index (χ0) is 39.7. The zero-order valence-electron chi connectivity index (χ0n) is 31.7. The fourth-order valence-electron chi connectivity index (χ4n) is 9.36. The lowest BCUT2D eigenvalue weighted by Crippen LogP contribution is -2.74. The molecule has 0 radical (unpaired) electrons. The number of Topliss-reactive ketones (excluding diaryl/α,β-unsaturated/α-hetero) is 1. The van der Waals surface area contributed by atoms with Crippen molar-refractivity contribution in [2.24, 2.45) is 22.4 Å². The number of carbonyl (C=O) groups excluding carboxylic acids is 4. The number of methoxy groups -OCH3 is 1. The largest absolute Gasteiger partial charge is 0.493 e. The number of likely N-dealkylation sites (N-methyl/N-ethyl adjacent to an activating group) is 1. The van der Waals surface area contributed by atoms with Crippen molar-refractivity contribution in [2.45, 2.75) is 106 Å². The fourth-order valence-corrected chi connectivity index (χ4v) is 9.36. The zero-order valence-corrected chi connectivity index (χ0v) is 31.7. The molecule has 3 aliphatic heterocycles. The number of carboxylic acid groups (broad SMARTS) is 1. The molecule has 300 valence electrons. The Morgan fingerprint density at radius 2 is 1.95 bits per heavy atom. The Balaban J connectivity index is 1.14. The number of ketones is 1. The number of guanidine groups is 1. The number of aliphatic carboxylic acids is 1. The van der Waals surface area contributed by atoms with Crippen LogP contribution in [0.25, 0.3) is 0 Å². The molecule has 0 saturated carbocycles. The molecule has 2 aliphatic carbocycles. The highest BCUT2D eigenvalue weighted by Crippen LogP contribution is 2.65. The Kier molecular flexibility index (Phi) is 11.6. The number of piperidine rings is 2. The maximum atomic E-state index is 14.1. The van der Waals surface area contributed by atoms with Gasteiger partial charge in [-0.1, -0.05) is 6.07 Å². The minimum atomic E-state index is -1.33. The first kappa shape index (κ1) is 39.8. The van der Waals surface area contributed by atoms with Gasteiger partial charge in [0.2, 0.25) is 11.8 Å². The van der Waals surface area contributed by atoms with Crippen LogP contribution < -0.4 is 31.6 Å². The SMILES string of the molecule is COc1ccc2c3c1O[C@H]1C(OC(=O)N4CCCCC4CNC(=O)[C@H](CCCN=C(N)N)CC(=O)[C@H](C)NC(=O)CC(=O)O)=CC[C@@]4(O)[C@@H](C2)N(C)CC[C@]314. The van der Waals surface area contributed by atoms with Crippen molar-refractivity contribution in [3.63, 3.8) is 0 Å². The molecule has 8 N–H and O–H groups in total. The number of ether oxygens (including phenoxy) is 3. The van der Waals surface area contributed by atoms with Gasteiger partial charge in [0.15, 0.2) is 29.3 Å². The first-order valence-corrected chi connectivity index (χ1v) is 19.0. The fraction of sp³-hybridized carbons (Fsp3) is 0.632. The summed E-state index contributed by atoms with van der Waals surface area (Å²) in [7, 11) is 3.61. The van der Waals surface area contributed by atoms with Gasteiger partial charge in [0.05, 0.1) is 30.2 Å². The quantitative estimate of drug-likeness (QED) is 0.0623. The van der Waals surface area contributed by atoms with Gasteiger partial charge < -0.3 is 56.3 Å². The average Bonchev–Trinajstić information content (AvgIpc) is 3.50. The third kappa shape index (κ3) is 7.55. The number of aliphatic hydroxyl groups is 1. The second-order valence-electron chi connectivity index (χ2n) is 15.4. The van der Waals surface area contributed by atoms with Gasteiger partial charge in [-0.2, -0.15) is 0 Å². The molecule has 2 fully saturated rings. The Bertz CT molecular complexity index is 1760. The molecule has 17 nitrogen and oxygen atoms in total. The van der Waals surface area contributed by atoms with Gasteiger partial charge in [0.1, 0.15) is 12.2 Å². The number of carbonyl (C=O) groups is 5. The molecule has 1 aromatic carbocycles. The summed E-state index contributed by atoms with van der Waals surface area (Å²) >= 11 is 0. The molecular weight excluding hydrogens is 714 g/mol. The maximum Gasteiger partial charge on any atom is 0.415 e. The topological polar surface area (TPSA) is 248 Å². The van der Waals surface area contributed by atoms with Crippen LogP contribution in [-0.2, 0) is 35.8 Å². The molecule has 2 saturated heterocycles. The van der Waals surface area contributed by atoms with E-state index in [0.29, 0.717) is 49.5 Å². The number of likely N-dealkylation sites (tertiary alicyclic amines) is 2. The number of benzene rings is 1. The number of carboxylic acids is 1. The van der Waals surface area contributed by atoms with Crippen LogP contribution in [0.5, 0.6) is 11.5 Å². The monoisotopic (exact) mass is 767 g/mol. The number of nitrogens with two attached hydrogens (primary N) is 2. The van der Waals surface area contributed by atoms with E-state index < -0.39 is 71.2 Å². The second-order valence-corrected chi connectivity index (χ2v) is 15.4. The normalized spacial score (nSPS) is 27.3. The van der Waals surface area contributed by atoms with E-state index >= 15 is 0 Å². The Hall–Kier alpha value is -4.90. The third-order valence-electron chi connectivity index (χ3n) is 12.1. The van der Waals surface area contributed by atoms with Crippen molar-refractivity contribution in [3.8, 4) is 11.5 Å². The van der Waals surface area contributed by atoms with Crippen LogP contribution >= 0.6 is 0 Å². The highest BCUT2D eigenvalue weighted by atomic mass is 16.6. The Morgan fingerprint density at radius 3 is 2.67 bits per heavy atom. The van der Waals surface area contributed by atoms with Gasteiger partial charge in [-0.3, -0.25) is 24.2 Å². The average molecular weight is 768 g/mol. The molecule has 1 unspecified atom stereocenters. The van der Waals surface area contributed by atoms with Crippen molar-refractivity contribution in [1.29, 1.82) is 0 Å². The van der Waals surface area contributed by atoms with Gasteiger partial charge in [-0.05, 0) is 83.2 Å². The molecule has 6 rings (SSSR count). The smallest absolute Gasteiger partial charge is 0.415 e. The van der Waals surface area contributed by atoms with E-state index in [2.05, 4.69) is 20.5 Å². The Labute approximate surface area is 319 Å². The highest BCUT2D eigenvalue weighted by molar-refractivity contribution is 5.97. The van der Waals surface area contributed by atoms with E-state index in [1.165, 1.54) is 6.92 Å². The number of amides is 3. The molecule has 3 heterocycles. The minimum absolute atomic E-state index is 0.0989. The van der Waals surface area contributed by atoms with E-state index in [4.69, 9.17) is 30.8 Å². The first-order chi connectivity index (χ1) is 26.2. The molecule has 55 heavy (non-hydrogen) atoms. The molecule has 3 amide bonds. The summed E-state index contributed by atoms with van der Waals surface area (Å²) in [6.07, 6.45) is 3.86. The van der Waals surface area contributed by atoms with Crippen LogP contribution in [0.15, 0.2) is 29.0 Å². The van der Waals surface area contributed by atoms with Gasteiger partial charge in [0.25, 0.3) is 0 Å². The summed E-state index contributed by atoms with van der Waals surface area (Å²) in [5.41, 5.74) is 10.9. The van der Waals surface area contributed by atoms with Crippen LogP contribution in [0.1, 0.15) is 75.8 Å². The van der Waals surface area contributed by atoms with Crippen molar-refractivity contribution in [3.05, 3.63) is 35.1 Å². The molecule has 2 bridgehead atoms. The predicted molar refractivity (Wildman–Crippen MR) is 198 cm³/mol. The number of hydrogen-bond acceptors (Lipinski definition) is 11. The van der Waals surface area contributed by atoms with E-state index in [1.807, 2.05) is 19.2 Å². The highest BCUT2D eigenvalue weighted by Gasteiger charge is 2.72. The minimum Gasteiger partial charge on any atom is -0.493 e. The molecule has 5 aliphatic rings. The van der Waals surface area contributed by atoms with Crippen molar-refractivity contribution in [2.75, 3.05) is 40.3 Å². The van der Waals surface area contributed by atoms with Gasteiger partial charge in [0, 0.05) is 50.0 Å². The molecule has 17 heteroatoms. The molecule has 1 aromatic rings. The van der Waals surface area contributed by atoms with Gasteiger partial charge >= 0.3 is 12.1 Å². The molecule has 7 atom stereocenters. The van der Waals surface area contributed by atoms with E-state index in [1.54, 1.807) is 18.1 Å². The molecular formula is C38H53N7O10. The lowest BCUT2D eigenvalue weighted by Gasteiger charge is -2.61. The maximum absolute atomic E-state index is 14.1. The summed E-state index contributed by atoms with van der Waals surface area (Å²) in [6, 6.07) is 2.38. The van der Waals surface area contributed by atoms with Crippen molar-refractivity contribution in [1.82, 2.24) is 20.4 Å². The summed E-state index contributed by atoms with van der Waals surface area (Å²) in [5, 5.41) is 26.7. The van der Waals surface area contributed by atoms with Crippen LogP contribution in [0.2, 0.25) is 0 Å². The van der Waals surface area contributed by atoms with E-state index in [9.17, 15) is 29.1 Å². The Morgan fingerprint density at radius 1 is 1.16 bits per heavy atom. The number of nitrogens with one attached hydrogen (secondary N) is 2. The van der Waals surface area contributed by atoms with Crippen molar-refractivity contribution >= 4 is 35.6 Å². The number of rotatable bonds is 15. The number of nitrogens with zero attached hydrogens (tertiary/aromatic N) is 3. The lowest BCUT2D eigenvalue weighted by atomic mass is 9.50. The van der Waals surface area contributed by atoms with Crippen molar-refractivity contribution < 1.29 is 48.4 Å². The summed E-state index contributed by atoms with van der Waals surface area (Å²) in [5.74, 6) is -2.39. The predicted octanol–water partition coefficient (Wildman–Crippen LogP) is 0.689. The van der Waals surface area contributed by atoms with Crippen LogP contribution in [0.4, 0.5) is 4.79 Å². The van der Waals surface area contributed by atoms with Gasteiger partial charge in [-0.25, -0.2) is 4.79 Å². The van der Waals surface area contributed by atoms with E-state index in [-0.39, 0.29) is 44.4 Å².